The summed E-state index contributed by atoms with van der Waals surface area (Å²) in [4.78, 5) is 14.9. The molecular formula is C6H7BrN2O2. The van der Waals surface area contributed by atoms with Crippen molar-refractivity contribution in [2.75, 3.05) is 7.11 Å². The Labute approximate surface area is 72.3 Å². The molecule has 0 amide bonds. The van der Waals surface area contributed by atoms with E-state index in [1.54, 1.807) is 11.6 Å². The van der Waals surface area contributed by atoms with Crippen LogP contribution in [0.1, 0.15) is 10.5 Å². The Balaban J connectivity index is 3.10. The van der Waals surface area contributed by atoms with Crippen LogP contribution in [0.5, 0.6) is 0 Å². The number of carbonyl (C=O) groups excluding carboxylic acids is 1. The Morgan fingerprint density at radius 1 is 1.82 bits per heavy atom. The predicted molar refractivity (Wildman–Crippen MR) is 42.2 cm³/mol. The van der Waals surface area contributed by atoms with Crippen LogP contribution in [0.3, 0.4) is 0 Å². The highest BCUT2D eigenvalue weighted by atomic mass is 79.9. The van der Waals surface area contributed by atoms with E-state index in [1.807, 2.05) is 0 Å². The molecule has 60 valence electrons. The molecule has 1 aromatic rings. The Hall–Kier alpha value is -0.840. The van der Waals surface area contributed by atoms with Crippen molar-refractivity contribution in [2.45, 2.75) is 0 Å². The third-order valence-electron chi connectivity index (χ3n) is 1.27. The predicted octanol–water partition coefficient (Wildman–Crippen LogP) is 0.969. The lowest BCUT2D eigenvalue weighted by Crippen LogP contribution is -2.07. The summed E-state index contributed by atoms with van der Waals surface area (Å²) < 4.78 is 6.63. The SMILES string of the molecule is COC(=O)c1c(Br)ncn1C. The summed E-state index contributed by atoms with van der Waals surface area (Å²) in [5.74, 6) is -0.392. The second-order valence-corrected chi connectivity index (χ2v) is 2.74. The number of methoxy groups -OCH3 is 1. The number of nitrogens with zero attached hydrogens (tertiary/aromatic N) is 2. The summed E-state index contributed by atoms with van der Waals surface area (Å²) in [5.41, 5.74) is 0.424. The zero-order chi connectivity index (χ0) is 8.43. The van der Waals surface area contributed by atoms with Crippen molar-refractivity contribution in [1.29, 1.82) is 0 Å². The molecule has 0 unspecified atom stereocenters. The van der Waals surface area contributed by atoms with Crippen molar-refractivity contribution in [1.82, 2.24) is 9.55 Å². The molecule has 0 saturated carbocycles. The van der Waals surface area contributed by atoms with E-state index in [1.165, 1.54) is 13.4 Å². The number of hydrogen-bond donors (Lipinski definition) is 0. The van der Waals surface area contributed by atoms with E-state index in [0.29, 0.717) is 10.3 Å². The average molecular weight is 219 g/mol. The van der Waals surface area contributed by atoms with E-state index in [0.717, 1.165) is 0 Å². The first-order chi connectivity index (χ1) is 5.16. The highest BCUT2D eigenvalue weighted by Crippen LogP contribution is 2.13. The number of halogens is 1. The fraction of sp³-hybridized carbons (Fsp3) is 0.333. The van der Waals surface area contributed by atoms with Crippen molar-refractivity contribution >= 4 is 21.9 Å². The van der Waals surface area contributed by atoms with Gasteiger partial charge in [-0.25, -0.2) is 9.78 Å². The van der Waals surface area contributed by atoms with E-state index >= 15 is 0 Å². The molecule has 0 radical (unpaired) electrons. The smallest absolute Gasteiger partial charge is 0.357 e. The minimum absolute atomic E-state index is 0.392. The number of esters is 1. The topological polar surface area (TPSA) is 44.1 Å². The lowest BCUT2D eigenvalue weighted by Gasteiger charge is -1.98. The van der Waals surface area contributed by atoms with Crippen LogP contribution in [0.2, 0.25) is 0 Å². The van der Waals surface area contributed by atoms with Crippen molar-refractivity contribution in [3.63, 3.8) is 0 Å². The number of hydrogen-bond acceptors (Lipinski definition) is 3. The molecule has 1 rings (SSSR count). The maximum absolute atomic E-state index is 11.0. The number of ether oxygens (including phenoxy) is 1. The monoisotopic (exact) mass is 218 g/mol. The normalized spacial score (nSPS) is 9.73. The first kappa shape index (κ1) is 8.26. The summed E-state index contributed by atoms with van der Waals surface area (Å²) in [6, 6.07) is 0. The Kier molecular flexibility index (Phi) is 2.28. The Bertz CT molecular complexity index is 263. The standard InChI is InChI=1S/C6H7BrN2O2/c1-9-3-8-5(7)4(9)6(10)11-2/h3H,1-2H3. The lowest BCUT2D eigenvalue weighted by molar-refractivity contribution is 0.0588. The summed E-state index contributed by atoms with van der Waals surface area (Å²) in [6.45, 7) is 0. The Morgan fingerprint density at radius 3 is 2.82 bits per heavy atom. The van der Waals surface area contributed by atoms with E-state index < -0.39 is 5.97 Å². The fourth-order valence-corrected chi connectivity index (χ4v) is 1.26. The van der Waals surface area contributed by atoms with Gasteiger partial charge in [-0.05, 0) is 15.9 Å². The summed E-state index contributed by atoms with van der Waals surface area (Å²) >= 11 is 3.13. The molecule has 0 aromatic carbocycles. The first-order valence-electron chi connectivity index (χ1n) is 2.92. The van der Waals surface area contributed by atoms with Gasteiger partial charge in [0.25, 0.3) is 0 Å². The van der Waals surface area contributed by atoms with Gasteiger partial charge in [0.15, 0.2) is 5.69 Å². The molecule has 1 aromatic heterocycles. The molecule has 0 bridgehead atoms. The Morgan fingerprint density at radius 2 is 2.45 bits per heavy atom. The van der Waals surface area contributed by atoms with Gasteiger partial charge in [0.1, 0.15) is 4.60 Å². The zero-order valence-corrected chi connectivity index (χ0v) is 7.75. The van der Waals surface area contributed by atoms with Crippen molar-refractivity contribution in [3.05, 3.63) is 16.6 Å². The van der Waals surface area contributed by atoms with E-state index in [2.05, 4.69) is 25.7 Å². The summed E-state index contributed by atoms with van der Waals surface area (Å²) in [7, 11) is 3.06. The molecule has 1 heterocycles. The van der Waals surface area contributed by atoms with Crippen LogP contribution in [0.15, 0.2) is 10.9 Å². The largest absolute Gasteiger partial charge is 0.464 e. The first-order valence-corrected chi connectivity index (χ1v) is 3.71. The summed E-state index contributed by atoms with van der Waals surface area (Å²) in [6.07, 6.45) is 1.54. The van der Waals surface area contributed by atoms with Gasteiger partial charge in [-0.2, -0.15) is 0 Å². The molecule has 0 aliphatic rings. The van der Waals surface area contributed by atoms with Crippen LogP contribution in [0.25, 0.3) is 0 Å². The third kappa shape index (κ3) is 1.42. The number of aryl methyl sites for hydroxylation is 1. The van der Waals surface area contributed by atoms with Gasteiger partial charge < -0.3 is 9.30 Å². The maximum Gasteiger partial charge on any atom is 0.357 e. The van der Waals surface area contributed by atoms with E-state index in [9.17, 15) is 4.79 Å². The van der Waals surface area contributed by atoms with Gasteiger partial charge >= 0.3 is 5.97 Å². The highest BCUT2D eigenvalue weighted by molar-refractivity contribution is 9.10. The highest BCUT2D eigenvalue weighted by Gasteiger charge is 2.14. The third-order valence-corrected chi connectivity index (χ3v) is 1.85. The van der Waals surface area contributed by atoms with Gasteiger partial charge in [-0.3, -0.25) is 0 Å². The summed E-state index contributed by atoms with van der Waals surface area (Å²) in [5, 5.41) is 0. The fourth-order valence-electron chi connectivity index (χ4n) is 0.727. The number of aromatic nitrogens is 2. The number of carbonyl (C=O) groups is 1. The quantitative estimate of drug-likeness (QED) is 0.661. The second kappa shape index (κ2) is 3.04. The number of imidazole rings is 1. The van der Waals surface area contributed by atoms with Crippen LogP contribution < -0.4 is 0 Å². The molecule has 11 heavy (non-hydrogen) atoms. The van der Waals surface area contributed by atoms with Crippen LogP contribution in [-0.4, -0.2) is 22.6 Å². The van der Waals surface area contributed by atoms with Gasteiger partial charge in [0.05, 0.1) is 13.4 Å². The van der Waals surface area contributed by atoms with Crippen molar-refractivity contribution < 1.29 is 9.53 Å². The minimum Gasteiger partial charge on any atom is -0.464 e. The molecule has 0 spiro atoms. The van der Waals surface area contributed by atoms with Crippen molar-refractivity contribution in [3.8, 4) is 0 Å². The average Bonchev–Trinajstić information content (AvgIpc) is 2.30. The van der Waals surface area contributed by atoms with Gasteiger partial charge in [0.2, 0.25) is 0 Å². The molecule has 0 aliphatic heterocycles. The minimum atomic E-state index is -0.392. The molecule has 0 atom stereocenters. The molecule has 0 saturated heterocycles. The van der Waals surface area contributed by atoms with E-state index in [4.69, 9.17) is 0 Å². The molecule has 0 fully saturated rings. The zero-order valence-electron chi connectivity index (χ0n) is 6.17. The van der Waals surface area contributed by atoms with Gasteiger partial charge in [-0.1, -0.05) is 0 Å². The van der Waals surface area contributed by atoms with Crippen LogP contribution in [-0.2, 0) is 11.8 Å². The van der Waals surface area contributed by atoms with Crippen LogP contribution in [0.4, 0.5) is 0 Å². The molecule has 4 nitrogen and oxygen atoms in total. The maximum atomic E-state index is 11.0. The number of rotatable bonds is 1. The van der Waals surface area contributed by atoms with E-state index in [-0.39, 0.29) is 0 Å². The lowest BCUT2D eigenvalue weighted by atomic mass is 10.5. The molecular weight excluding hydrogens is 212 g/mol. The van der Waals surface area contributed by atoms with Crippen molar-refractivity contribution in [2.24, 2.45) is 7.05 Å². The van der Waals surface area contributed by atoms with Crippen LogP contribution in [0, 0.1) is 0 Å². The molecule has 5 heteroatoms. The van der Waals surface area contributed by atoms with Gasteiger partial charge in [0, 0.05) is 7.05 Å². The second-order valence-electron chi connectivity index (χ2n) is 1.99. The van der Waals surface area contributed by atoms with Gasteiger partial charge in [-0.15, -0.1) is 0 Å². The molecule has 0 aliphatic carbocycles. The van der Waals surface area contributed by atoms with Crippen LogP contribution >= 0.6 is 15.9 Å². The molecule has 0 N–H and O–H groups in total.